The third-order valence-corrected chi connectivity index (χ3v) is 3.69. The van der Waals surface area contributed by atoms with Crippen LogP contribution in [-0.4, -0.2) is 18.1 Å². The van der Waals surface area contributed by atoms with Crippen LogP contribution in [0.25, 0.3) is 0 Å². The topological polar surface area (TPSA) is 40.5 Å². The van der Waals surface area contributed by atoms with Crippen LogP contribution in [0.2, 0.25) is 0 Å². The van der Waals surface area contributed by atoms with Crippen LogP contribution in [0.4, 0.5) is 5.69 Å². The zero-order valence-corrected chi connectivity index (χ0v) is 12.1. The molecule has 0 bridgehead atoms. The van der Waals surface area contributed by atoms with Crippen LogP contribution >= 0.6 is 15.9 Å². The highest BCUT2D eigenvalue weighted by atomic mass is 79.9. The first-order chi connectivity index (χ1) is 9.08. The van der Waals surface area contributed by atoms with Gasteiger partial charge in [-0.05, 0) is 35.9 Å². The average Bonchev–Trinajstić information content (AvgIpc) is 2.41. The number of aromatic carboxylic acids is 1. The molecule has 0 spiro atoms. The van der Waals surface area contributed by atoms with Crippen molar-refractivity contribution in [2.24, 2.45) is 0 Å². The van der Waals surface area contributed by atoms with Crippen LogP contribution in [0.1, 0.15) is 15.9 Å². The van der Waals surface area contributed by atoms with Crippen molar-refractivity contribution in [2.45, 2.75) is 6.54 Å². The zero-order valence-electron chi connectivity index (χ0n) is 10.5. The fraction of sp³-hybridized carbons (Fsp3) is 0.133. The van der Waals surface area contributed by atoms with Gasteiger partial charge in [-0.1, -0.05) is 34.1 Å². The van der Waals surface area contributed by atoms with E-state index in [1.807, 2.05) is 37.4 Å². The Hall–Kier alpha value is -1.81. The van der Waals surface area contributed by atoms with E-state index in [9.17, 15) is 4.79 Å². The molecule has 0 saturated heterocycles. The molecule has 2 rings (SSSR count). The first kappa shape index (κ1) is 13.6. The quantitative estimate of drug-likeness (QED) is 0.932. The number of rotatable bonds is 4. The maximum atomic E-state index is 10.8. The fourth-order valence-electron chi connectivity index (χ4n) is 1.83. The standard InChI is InChI=1S/C15H14BrNO2/c1-17(10-12-4-2-3-5-14(12)16)13-8-6-11(7-9-13)15(18)19/h2-9H,10H2,1H3,(H,18,19). The molecule has 3 nitrogen and oxygen atoms in total. The highest BCUT2D eigenvalue weighted by molar-refractivity contribution is 9.10. The average molecular weight is 320 g/mol. The van der Waals surface area contributed by atoms with Gasteiger partial charge >= 0.3 is 5.97 Å². The molecule has 0 aliphatic carbocycles. The van der Waals surface area contributed by atoms with Gasteiger partial charge in [0.2, 0.25) is 0 Å². The van der Waals surface area contributed by atoms with Gasteiger partial charge in [0.1, 0.15) is 0 Å². The lowest BCUT2D eigenvalue weighted by molar-refractivity contribution is 0.0697. The highest BCUT2D eigenvalue weighted by Crippen LogP contribution is 2.21. The molecule has 0 aliphatic rings. The van der Waals surface area contributed by atoms with Gasteiger partial charge in [0.05, 0.1) is 5.56 Å². The Balaban J connectivity index is 2.14. The Morgan fingerprint density at radius 1 is 1.16 bits per heavy atom. The maximum absolute atomic E-state index is 10.8. The number of benzene rings is 2. The van der Waals surface area contributed by atoms with Crippen molar-refractivity contribution in [3.8, 4) is 0 Å². The van der Waals surface area contributed by atoms with E-state index in [0.29, 0.717) is 5.56 Å². The largest absolute Gasteiger partial charge is 0.478 e. The summed E-state index contributed by atoms with van der Waals surface area (Å²) in [6.45, 7) is 0.758. The predicted octanol–water partition coefficient (Wildman–Crippen LogP) is 3.78. The second-order valence-corrected chi connectivity index (χ2v) is 5.15. The summed E-state index contributed by atoms with van der Waals surface area (Å²) in [5.74, 6) is -0.903. The first-order valence-electron chi connectivity index (χ1n) is 5.86. The monoisotopic (exact) mass is 319 g/mol. The molecule has 98 valence electrons. The van der Waals surface area contributed by atoms with Gasteiger partial charge in [0.25, 0.3) is 0 Å². The summed E-state index contributed by atoms with van der Waals surface area (Å²) >= 11 is 3.52. The van der Waals surface area contributed by atoms with Gasteiger partial charge in [-0.3, -0.25) is 0 Å². The summed E-state index contributed by atoms with van der Waals surface area (Å²) in [5, 5.41) is 8.87. The van der Waals surface area contributed by atoms with E-state index in [1.54, 1.807) is 12.1 Å². The van der Waals surface area contributed by atoms with E-state index in [-0.39, 0.29) is 0 Å². The van der Waals surface area contributed by atoms with E-state index in [0.717, 1.165) is 16.7 Å². The van der Waals surface area contributed by atoms with Crippen molar-refractivity contribution < 1.29 is 9.90 Å². The first-order valence-corrected chi connectivity index (χ1v) is 6.65. The van der Waals surface area contributed by atoms with E-state index >= 15 is 0 Å². The number of hydrogen-bond donors (Lipinski definition) is 1. The zero-order chi connectivity index (χ0) is 13.8. The number of carboxylic acid groups (broad SMARTS) is 1. The number of hydrogen-bond acceptors (Lipinski definition) is 2. The summed E-state index contributed by atoms with van der Waals surface area (Å²) < 4.78 is 1.07. The number of carboxylic acids is 1. The molecule has 0 aromatic heterocycles. The predicted molar refractivity (Wildman–Crippen MR) is 79.7 cm³/mol. The van der Waals surface area contributed by atoms with Gasteiger partial charge in [-0.2, -0.15) is 0 Å². The molecule has 0 atom stereocenters. The summed E-state index contributed by atoms with van der Waals surface area (Å²) in [5.41, 5.74) is 2.48. The third kappa shape index (κ3) is 3.35. The Bertz CT molecular complexity index is 581. The molecule has 0 fully saturated rings. The molecule has 0 amide bonds. The van der Waals surface area contributed by atoms with Crippen molar-refractivity contribution in [3.63, 3.8) is 0 Å². The van der Waals surface area contributed by atoms with Crippen LogP contribution in [0.15, 0.2) is 53.0 Å². The second kappa shape index (κ2) is 5.89. The Labute approximate surface area is 120 Å². The summed E-state index contributed by atoms with van der Waals surface area (Å²) in [6.07, 6.45) is 0. The molecule has 1 N–H and O–H groups in total. The van der Waals surface area contributed by atoms with Crippen LogP contribution in [0.5, 0.6) is 0 Å². The number of nitrogens with zero attached hydrogens (tertiary/aromatic N) is 1. The van der Waals surface area contributed by atoms with Crippen molar-refractivity contribution >= 4 is 27.6 Å². The maximum Gasteiger partial charge on any atom is 0.335 e. The second-order valence-electron chi connectivity index (χ2n) is 4.30. The molecular formula is C15H14BrNO2. The molecule has 0 saturated carbocycles. The van der Waals surface area contributed by atoms with Crippen LogP contribution in [0.3, 0.4) is 0 Å². The summed E-state index contributed by atoms with van der Waals surface area (Å²) in [7, 11) is 1.98. The number of anilines is 1. The lowest BCUT2D eigenvalue weighted by Gasteiger charge is -2.20. The van der Waals surface area contributed by atoms with E-state index in [4.69, 9.17) is 5.11 Å². The molecule has 0 radical (unpaired) electrons. The van der Waals surface area contributed by atoms with Gasteiger partial charge in [-0.15, -0.1) is 0 Å². The van der Waals surface area contributed by atoms with Crippen molar-refractivity contribution in [1.82, 2.24) is 0 Å². The molecule has 0 heterocycles. The van der Waals surface area contributed by atoms with Crippen molar-refractivity contribution in [3.05, 3.63) is 64.1 Å². The van der Waals surface area contributed by atoms with Gasteiger partial charge in [0, 0.05) is 23.8 Å². The Morgan fingerprint density at radius 3 is 2.37 bits per heavy atom. The van der Waals surface area contributed by atoms with E-state index < -0.39 is 5.97 Å². The minimum atomic E-state index is -0.903. The molecule has 2 aromatic carbocycles. The number of carbonyl (C=O) groups is 1. The van der Waals surface area contributed by atoms with Crippen molar-refractivity contribution in [1.29, 1.82) is 0 Å². The molecule has 2 aromatic rings. The highest BCUT2D eigenvalue weighted by Gasteiger charge is 2.06. The van der Waals surface area contributed by atoms with Crippen molar-refractivity contribution in [2.75, 3.05) is 11.9 Å². The number of halogens is 1. The van der Waals surface area contributed by atoms with Crippen LogP contribution in [-0.2, 0) is 6.54 Å². The third-order valence-electron chi connectivity index (χ3n) is 2.92. The van der Waals surface area contributed by atoms with Crippen LogP contribution < -0.4 is 4.90 Å². The SMILES string of the molecule is CN(Cc1ccccc1Br)c1ccc(C(=O)O)cc1. The minimum Gasteiger partial charge on any atom is -0.478 e. The summed E-state index contributed by atoms with van der Waals surface area (Å²) in [4.78, 5) is 12.9. The fourth-order valence-corrected chi connectivity index (χ4v) is 2.24. The van der Waals surface area contributed by atoms with Gasteiger partial charge in [-0.25, -0.2) is 4.79 Å². The molecule has 4 heteroatoms. The van der Waals surface area contributed by atoms with Gasteiger partial charge in [0.15, 0.2) is 0 Å². The minimum absolute atomic E-state index is 0.304. The lowest BCUT2D eigenvalue weighted by Crippen LogP contribution is -2.16. The lowest BCUT2D eigenvalue weighted by atomic mass is 10.1. The van der Waals surface area contributed by atoms with Crippen LogP contribution in [0, 0.1) is 0 Å². The van der Waals surface area contributed by atoms with E-state index in [1.165, 1.54) is 5.56 Å². The Kier molecular flexibility index (Phi) is 4.22. The summed E-state index contributed by atoms with van der Waals surface area (Å²) in [6, 6.07) is 14.9. The molecule has 19 heavy (non-hydrogen) atoms. The van der Waals surface area contributed by atoms with E-state index in [2.05, 4.69) is 26.9 Å². The normalized spacial score (nSPS) is 10.2. The smallest absolute Gasteiger partial charge is 0.335 e. The molecule has 0 unspecified atom stereocenters. The Morgan fingerprint density at radius 2 is 1.79 bits per heavy atom. The van der Waals surface area contributed by atoms with Gasteiger partial charge < -0.3 is 10.0 Å². The molecular weight excluding hydrogens is 306 g/mol. The molecule has 0 aliphatic heterocycles.